The average Bonchev–Trinajstić information content (AvgIpc) is 3.98. The minimum atomic E-state index is -1.59. The number of aromatic nitrogens is 6. The summed E-state index contributed by atoms with van der Waals surface area (Å²) in [5.74, 6) is 7.33. The third-order valence-electron chi connectivity index (χ3n) is 9.30. The van der Waals surface area contributed by atoms with Crippen LogP contribution in [0.5, 0.6) is 0 Å². The molecule has 4 heterocycles. The van der Waals surface area contributed by atoms with Crippen LogP contribution in [-0.2, 0) is 20.7 Å². The van der Waals surface area contributed by atoms with Gasteiger partial charge in [-0.2, -0.15) is 0 Å². The van der Waals surface area contributed by atoms with Crippen molar-refractivity contribution in [3.8, 4) is 47.0 Å². The van der Waals surface area contributed by atoms with E-state index >= 15 is 0 Å². The second kappa shape index (κ2) is 21.1. The standard InChI is InChI=1S/C25H20FN3O4.C17H12BrFN2O2.C8H9NO2/c1-4-32-23(30)21-18-9-6-10-19(26)20(18)28-22(29-21)17-8-5-7-16(13-17)11-12-25(3,31)24-27-14-15(2)33-24;1-2-23-17(22)15-12-7-4-8-13(19)14(12)20-16(21-15)10-5-3-6-11(18)9-10;1-4-8(3,10)7-9-5-6(2)11-7/h5-10,13-14,31H,4H2,1-3H3;3-9H,2H2,1H3;1,5,10H,2-3H3/t25-;;8-/m0.0/s1. The summed E-state index contributed by atoms with van der Waals surface area (Å²) in [6.07, 6.45) is 8.07. The number of hydrogen-bond donors (Lipinski definition) is 2. The Kier molecular flexibility index (Phi) is 15.3. The van der Waals surface area contributed by atoms with Gasteiger partial charge in [-0.05, 0) is 77.9 Å². The first-order valence-corrected chi connectivity index (χ1v) is 21.2. The lowest BCUT2D eigenvalue weighted by Crippen LogP contribution is -2.18. The van der Waals surface area contributed by atoms with Crippen LogP contribution < -0.4 is 0 Å². The summed E-state index contributed by atoms with van der Waals surface area (Å²) in [5.41, 5.74) is -1.09. The van der Waals surface area contributed by atoms with Gasteiger partial charge in [0.25, 0.3) is 0 Å². The van der Waals surface area contributed by atoms with E-state index in [0.29, 0.717) is 33.6 Å². The molecule has 2 N–H and O–H groups in total. The topological polar surface area (TPSA) is 197 Å². The second-order valence-corrected chi connectivity index (χ2v) is 15.6. The smallest absolute Gasteiger partial charge is 0.357 e. The lowest BCUT2D eigenvalue weighted by atomic mass is 10.1. The second-order valence-electron chi connectivity index (χ2n) is 14.7. The molecule has 0 saturated carbocycles. The third kappa shape index (κ3) is 11.8. The number of halogens is 3. The molecule has 0 aliphatic carbocycles. The Morgan fingerprint density at radius 2 is 1.16 bits per heavy atom. The van der Waals surface area contributed by atoms with Crippen LogP contribution in [0.3, 0.4) is 0 Å². The van der Waals surface area contributed by atoms with Gasteiger partial charge in [0.15, 0.2) is 34.2 Å². The van der Waals surface area contributed by atoms with Crippen LogP contribution in [0.1, 0.15) is 77.5 Å². The van der Waals surface area contributed by atoms with Gasteiger partial charge in [0, 0.05) is 31.9 Å². The monoisotopic (exact) mass is 970 g/mol. The average molecular weight is 972 g/mol. The number of para-hydroxylation sites is 2. The van der Waals surface area contributed by atoms with E-state index in [9.17, 15) is 28.6 Å². The molecule has 8 rings (SSSR count). The summed E-state index contributed by atoms with van der Waals surface area (Å²) in [6.45, 7) is 10.2. The van der Waals surface area contributed by atoms with Gasteiger partial charge in [-0.15, -0.1) is 6.42 Å². The van der Waals surface area contributed by atoms with E-state index in [-0.39, 0.29) is 64.5 Å². The van der Waals surface area contributed by atoms with E-state index in [1.807, 2.05) is 12.1 Å². The summed E-state index contributed by atoms with van der Waals surface area (Å²) >= 11 is 3.37. The van der Waals surface area contributed by atoms with Crippen LogP contribution in [0.2, 0.25) is 0 Å². The molecule has 0 aliphatic heterocycles. The molecule has 340 valence electrons. The van der Waals surface area contributed by atoms with Gasteiger partial charge >= 0.3 is 11.9 Å². The summed E-state index contributed by atoms with van der Waals surface area (Å²) in [5, 5.41) is 20.6. The zero-order valence-electron chi connectivity index (χ0n) is 36.9. The number of carbonyl (C=O) groups excluding carboxylic acids is 2. The van der Waals surface area contributed by atoms with Crippen molar-refractivity contribution in [3.63, 3.8) is 0 Å². The number of terminal acetylenes is 1. The van der Waals surface area contributed by atoms with Gasteiger partial charge in [0.1, 0.15) is 34.2 Å². The lowest BCUT2D eigenvalue weighted by molar-refractivity contribution is 0.0512. The molecule has 14 nitrogen and oxygen atoms in total. The highest BCUT2D eigenvalue weighted by Gasteiger charge is 2.27. The number of aliphatic hydroxyl groups is 2. The number of ether oxygens (including phenoxy) is 2. The fraction of sp³-hybridized carbons (Fsp3) is 0.200. The minimum absolute atomic E-state index is 0.0178. The molecule has 17 heteroatoms. The van der Waals surface area contributed by atoms with Crippen LogP contribution in [-0.4, -0.2) is 65.3 Å². The molecule has 0 radical (unpaired) electrons. The summed E-state index contributed by atoms with van der Waals surface area (Å²) < 4.78 is 50.0. The maximum absolute atomic E-state index is 14.5. The van der Waals surface area contributed by atoms with Crippen molar-refractivity contribution in [1.29, 1.82) is 0 Å². The summed E-state index contributed by atoms with van der Waals surface area (Å²) in [4.78, 5) is 49.7. The number of rotatable bonds is 8. The Labute approximate surface area is 391 Å². The number of benzene rings is 4. The van der Waals surface area contributed by atoms with Crippen molar-refractivity contribution in [3.05, 3.63) is 154 Å². The van der Waals surface area contributed by atoms with Crippen LogP contribution in [0.4, 0.5) is 8.78 Å². The maximum atomic E-state index is 14.5. The quantitative estimate of drug-likeness (QED) is 0.108. The van der Waals surface area contributed by atoms with Crippen molar-refractivity contribution < 1.29 is 46.9 Å². The number of carbonyl (C=O) groups is 2. The Hall–Kier alpha value is -7.70. The number of aryl methyl sites for hydroxylation is 2. The van der Waals surface area contributed by atoms with Gasteiger partial charge < -0.3 is 28.5 Å². The number of nitrogens with zero attached hydrogens (tertiary/aromatic N) is 6. The molecule has 0 amide bonds. The van der Waals surface area contributed by atoms with Crippen LogP contribution in [0.15, 0.2) is 111 Å². The SMILES string of the molecule is C#C[C@](C)(O)c1ncc(C)o1.CCOC(=O)c1nc(-c2cccc(Br)c2)nc2c(F)cccc12.CCOC(=O)c1nc(-c2cccc(C#C[C@](C)(O)c3ncc(C)o3)c2)nc2c(F)cccc12. The normalized spacial score (nSPS) is 12.4. The van der Waals surface area contributed by atoms with E-state index < -0.39 is 34.8 Å². The van der Waals surface area contributed by atoms with Gasteiger partial charge in [-0.3, -0.25) is 0 Å². The first kappa shape index (κ1) is 48.7. The van der Waals surface area contributed by atoms with E-state index in [1.165, 1.54) is 50.5 Å². The molecule has 8 aromatic rings. The molecule has 0 aliphatic rings. The molecule has 0 bridgehead atoms. The number of esters is 2. The first-order chi connectivity index (χ1) is 31.9. The molecule has 2 atom stereocenters. The highest BCUT2D eigenvalue weighted by molar-refractivity contribution is 9.10. The van der Waals surface area contributed by atoms with E-state index in [0.717, 1.165) is 4.47 Å². The molecule has 0 unspecified atom stereocenters. The van der Waals surface area contributed by atoms with Crippen molar-refractivity contribution in [2.45, 2.75) is 52.7 Å². The highest BCUT2D eigenvalue weighted by Crippen LogP contribution is 2.28. The molecular formula is C50H41BrF2N6O8. The molecule has 67 heavy (non-hydrogen) atoms. The van der Waals surface area contributed by atoms with Crippen molar-refractivity contribution >= 4 is 49.7 Å². The highest BCUT2D eigenvalue weighted by atomic mass is 79.9. The van der Waals surface area contributed by atoms with Gasteiger partial charge in [-0.25, -0.2) is 48.3 Å². The van der Waals surface area contributed by atoms with Crippen LogP contribution >= 0.6 is 15.9 Å². The Morgan fingerprint density at radius 1 is 0.701 bits per heavy atom. The fourth-order valence-corrected chi connectivity index (χ4v) is 6.43. The molecule has 0 saturated heterocycles. The van der Waals surface area contributed by atoms with Crippen molar-refractivity contribution in [1.82, 2.24) is 29.9 Å². The first-order valence-electron chi connectivity index (χ1n) is 20.4. The van der Waals surface area contributed by atoms with Crippen molar-refractivity contribution in [2.75, 3.05) is 13.2 Å². The predicted molar refractivity (Wildman–Crippen MR) is 247 cm³/mol. The Morgan fingerprint density at radius 3 is 1.61 bits per heavy atom. The maximum Gasteiger partial charge on any atom is 0.357 e. The molecular weight excluding hydrogens is 930 g/mol. The third-order valence-corrected chi connectivity index (χ3v) is 9.80. The predicted octanol–water partition coefficient (Wildman–Crippen LogP) is 9.37. The fourth-order valence-electron chi connectivity index (χ4n) is 6.03. The van der Waals surface area contributed by atoms with E-state index in [2.05, 4.69) is 63.6 Å². The number of oxazole rings is 2. The molecule has 4 aromatic heterocycles. The zero-order chi connectivity index (χ0) is 48.5. The van der Waals surface area contributed by atoms with Gasteiger partial charge in [0.2, 0.25) is 11.8 Å². The van der Waals surface area contributed by atoms with Crippen LogP contribution in [0, 0.1) is 49.7 Å². The van der Waals surface area contributed by atoms with Crippen LogP contribution in [0.25, 0.3) is 44.6 Å². The molecule has 0 fully saturated rings. The van der Waals surface area contributed by atoms with Crippen molar-refractivity contribution in [2.24, 2.45) is 0 Å². The van der Waals surface area contributed by atoms with E-state index in [1.54, 1.807) is 76.2 Å². The largest absolute Gasteiger partial charge is 0.461 e. The molecule has 0 spiro atoms. The van der Waals surface area contributed by atoms with Gasteiger partial charge in [0.05, 0.1) is 25.6 Å². The number of fused-ring (bicyclic) bond motifs is 2. The summed E-state index contributed by atoms with van der Waals surface area (Å²) in [7, 11) is 0. The zero-order valence-corrected chi connectivity index (χ0v) is 38.5. The number of hydrogen-bond acceptors (Lipinski definition) is 14. The lowest BCUT2D eigenvalue weighted by Gasteiger charge is -2.11. The minimum Gasteiger partial charge on any atom is -0.461 e. The van der Waals surface area contributed by atoms with Gasteiger partial charge in [-0.1, -0.05) is 82.2 Å². The molecule has 4 aromatic carbocycles. The summed E-state index contributed by atoms with van der Waals surface area (Å²) in [6, 6.07) is 22.9. The van der Waals surface area contributed by atoms with E-state index in [4.69, 9.17) is 24.7 Å². The Bertz CT molecular complexity index is 3220. The Balaban J connectivity index is 0.000000188.